The van der Waals surface area contributed by atoms with Crippen molar-refractivity contribution in [2.24, 2.45) is 0 Å². The number of amides is 2. The van der Waals surface area contributed by atoms with Crippen molar-refractivity contribution in [1.82, 2.24) is 15.5 Å². The molecule has 3 aromatic rings. The zero-order valence-corrected chi connectivity index (χ0v) is 15.8. The van der Waals surface area contributed by atoms with E-state index in [0.29, 0.717) is 24.5 Å². The van der Waals surface area contributed by atoms with Crippen LogP contribution in [0.4, 0.5) is 21.6 Å². The number of hydrogen-bond donors (Lipinski definition) is 3. The van der Waals surface area contributed by atoms with Crippen LogP contribution in [-0.2, 0) is 11.2 Å². The highest BCUT2D eigenvalue weighted by molar-refractivity contribution is 5.92. The minimum absolute atomic E-state index is 0.136. The average molecular weight is 393 g/mol. The number of benzene rings is 2. The molecule has 1 heterocycles. The maximum absolute atomic E-state index is 12.9. The summed E-state index contributed by atoms with van der Waals surface area (Å²) in [6.07, 6.45) is 0.591. The van der Waals surface area contributed by atoms with Gasteiger partial charge in [0, 0.05) is 24.8 Å². The first kappa shape index (κ1) is 19.9. The molecule has 0 saturated heterocycles. The molecule has 7 nitrogen and oxygen atoms in total. The largest absolute Gasteiger partial charge is 0.350 e. The highest BCUT2D eigenvalue weighted by Gasteiger charge is 2.08. The fourth-order valence-corrected chi connectivity index (χ4v) is 2.57. The zero-order chi connectivity index (χ0) is 20.6. The summed E-state index contributed by atoms with van der Waals surface area (Å²) in [5.74, 6) is -0.264. The molecule has 0 aliphatic rings. The third-order valence-electron chi connectivity index (χ3n) is 3.99. The van der Waals surface area contributed by atoms with Gasteiger partial charge >= 0.3 is 0 Å². The van der Waals surface area contributed by atoms with Gasteiger partial charge in [0.25, 0.3) is 5.91 Å². The van der Waals surface area contributed by atoms with Gasteiger partial charge in [-0.25, -0.2) is 4.39 Å². The van der Waals surface area contributed by atoms with Crippen molar-refractivity contribution in [1.29, 1.82) is 0 Å². The summed E-state index contributed by atoms with van der Waals surface area (Å²) in [5.41, 5.74) is 2.60. The average Bonchev–Trinajstić information content (AvgIpc) is 2.71. The maximum atomic E-state index is 12.9. The smallest absolute Gasteiger partial charge is 0.271 e. The van der Waals surface area contributed by atoms with Crippen LogP contribution in [0.25, 0.3) is 0 Å². The molecule has 0 radical (unpaired) electrons. The van der Waals surface area contributed by atoms with Gasteiger partial charge in [-0.1, -0.05) is 12.1 Å². The van der Waals surface area contributed by atoms with Gasteiger partial charge in [0.2, 0.25) is 5.91 Å². The van der Waals surface area contributed by atoms with Crippen LogP contribution in [0.3, 0.4) is 0 Å². The second kappa shape index (κ2) is 9.41. The molecule has 3 N–H and O–H groups in total. The minimum atomic E-state index is -0.328. The molecule has 29 heavy (non-hydrogen) atoms. The molecule has 0 bridgehead atoms. The van der Waals surface area contributed by atoms with Gasteiger partial charge in [0.05, 0.1) is 0 Å². The van der Waals surface area contributed by atoms with Crippen LogP contribution >= 0.6 is 0 Å². The molecule has 0 atom stereocenters. The van der Waals surface area contributed by atoms with E-state index in [1.165, 1.54) is 19.1 Å². The summed E-state index contributed by atoms with van der Waals surface area (Å²) in [6, 6.07) is 16.5. The van der Waals surface area contributed by atoms with E-state index in [1.807, 2.05) is 0 Å². The SMILES string of the molecule is CC(=O)Nc1ccc(Nc2ccc(C(=O)NCCc3ccc(F)cc3)nn2)cc1. The van der Waals surface area contributed by atoms with E-state index in [4.69, 9.17) is 0 Å². The van der Waals surface area contributed by atoms with Crippen LogP contribution in [0.5, 0.6) is 0 Å². The van der Waals surface area contributed by atoms with Crippen molar-refractivity contribution in [3.8, 4) is 0 Å². The van der Waals surface area contributed by atoms with Crippen LogP contribution in [0.1, 0.15) is 23.0 Å². The van der Waals surface area contributed by atoms with E-state index in [0.717, 1.165) is 11.3 Å². The van der Waals surface area contributed by atoms with Gasteiger partial charge in [0.1, 0.15) is 5.82 Å². The van der Waals surface area contributed by atoms with E-state index >= 15 is 0 Å². The Morgan fingerprint density at radius 3 is 2.21 bits per heavy atom. The van der Waals surface area contributed by atoms with Gasteiger partial charge in [-0.2, -0.15) is 0 Å². The van der Waals surface area contributed by atoms with Gasteiger partial charge < -0.3 is 16.0 Å². The van der Waals surface area contributed by atoms with Gasteiger partial charge in [-0.05, 0) is 60.5 Å². The molecule has 0 unspecified atom stereocenters. The molecule has 0 spiro atoms. The number of nitrogens with zero attached hydrogens (tertiary/aromatic N) is 2. The number of anilines is 3. The van der Waals surface area contributed by atoms with Gasteiger partial charge in [0.15, 0.2) is 11.5 Å². The molecule has 2 aromatic carbocycles. The Bertz CT molecular complexity index is 973. The first-order chi connectivity index (χ1) is 14.0. The van der Waals surface area contributed by atoms with Gasteiger partial charge in [-0.3, -0.25) is 9.59 Å². The molecule has 2 amide bonds. The Hall–Kier alpha value is -3.81. The van der Waals surface area contributed by atoms with Gasteiger partial charge in [-0.15, -0.1) is 10.2 Å². The maximum Gasteiger partial charge on any atom is 0.271 e. The van der Waals surface area contributed by atoms with Crippen LogP contribution in [-0.4, -0.2) is 28.6 Å². The normalized spacial score (nSPS) is 10.3. The van der Waals surface area contributed by atoms with E-state index in [1.54, 1.807) is 48.5 Å². The van der Waals surface area contributed by atoms with E-state index in [9.17, 15) is 14.0 Å². The van der Waals surface area contributed by atoms with E-state index < -0.39 is 0 Å². The Morgan fingerprint density at radius 2 is 1.59 bits per heavy atom. The topological polar surface area (TPSA) is 96.0 Å². The summed E-state index contributed by atoms with van der Waals surface area (Å²) in [5, 5.41) is 16.5. The second-order valence-electron chi connectivity index (χ2n) is 6.32. The number of nitrogens with one attached hydrogen (secondary N) is 3. The molecule has 3 rings (SSSR count). The Labute approximate surface area is 167 Å². The van der Waals surface area contributed by atoms with E-state index in [-0.39, 0.29) is 23.3 Å². The molecule has 148 valence electrons. The third kappa shape index (κ3) is 6.10. The number of hydrogen-bond acceptors (Lipinski definition) is 5. The minimum Gasteiger partial charge on any atom is -0.350 e. The number of carbonyl (C=O) groups excluding carboxylic acids is 2. The highest BCUT2D eigenvalue weighted by atomic mass is 19.1. The predicted octanol–water partition coefficient (Wildman–Crippen LogP) is 3.29. The molecule has 0 saturated carbocycles. The second-order valence-corrected chi connectivity index (χ2v) is 6.32. The molecule has 0 aliphatic carbocycles. The van der Waals surface area contributed by atoms with Crippen LogP contribution in [0.2, 0.25) is 0 Å². The lowest BCUT2D eigenvalue weighted by Crippen LogP contribution is -2.26. The van der Waals surface area contributed by atoms with Crippen molar-refractivity contribution in [2.45, 2.75) is 13.3 Å². The fraction of sp³-hybridized carbons (Fsp3) is 0.143. The number of aromatic nitrogens is 2. The van der Waals surface area contributed by atoms with E-state index in [2.05, 4.69) is 26.1 Å². The van der Waals surface area contributed by atoms with Crippen molar-refractivity contribution in [3.63, 3.8) is 0 Å². The number of rotatable bonds is 7. The first-order valence-electron chi connectivity index (χ1n) is 9.00. The molecular weight excluding hydrogens is 373 g/mol. The highest BCUT2D eigenvalue weighted by Crippen LogP contribution is 2.17. The lowest BCUT2D eigenvalue weighted by atomic mass is 10.1. The summed E-state index contributed by atoms with van der Waals surface area (Å²) >= 11 is 0. The third-order valence-corrected chi connectivity index (χ3v) is 3.99. The standard InChI is InChI=1S/C21H20FN5O2/c1-14(28)24-17-6-8-18(9-7-17)25-20-11-10-19(26-27-20)21(29)23-13-12-15-2-4-16(22)5-3-15/h2-11H,12-13H2,1H3,(H,23,29)(H,24,28)(H,25,27). The van der Waals surface area contributed by atoms with Crippen molar-refractivity contribution in [2.75, 3.05) is 17.2 Å². The monoisotopic (exact) mass is 393 g/mol. The van der Waals surface area contributed by atoms with Crippen molar-refractivity contribution in [3.05, 3.63) is 77.7 Å². The number of carbonyl (C=O) groups is 2. The van der Waals surface area contributed by atoms with Crippen molar-refractivity contribution >= 4 is 29.0 Å². The van der Waals surface area contributed by atoms with Crippen LogP contribution < -0.4 is 16.0 Å². The summed E-state index contributed by atoms with van der Waals surface area (Å²) in [6.45, 7) is 1.86. The molecule has 1 aromatic heterocycles. The van der Waals surface area contributed by atoms with Crippen LogP contribution in [0.15, 0.2) is 60.7 Å². The summed E-state index contributed by atoms with van der Waals surface area (Å²) in [4.78, 5) is 23.2. The molecule has 0 fully saturated rings. The predicted molar refractivity (Wildman–Crippen MR) is 108 cm³/mol. The fourth-order valence-electron chi connectivity index (χ4n) is 2.57. The Kier molecular flexibility index (Phi) is 6.47. The Morgan fingerprint density at radius 1 is 0.897 bits per heavy atom. The van der Waals surface area contributed by atoms with Crippen molar-refractivity contribution < 1.29 is 14.0 Å². The Balaban J connectivity index is 1.50. The lowest BCUT2D eigenvalue weighted by molar-refractivity contribution is -0.114. The quantitative estimate of drug-likeness (QED) is 0.572. The summed E-state index contributed by atoms with van der Waals surface area (Å²) in [7, 11) is 0. The zero-order valence-electron chi connectivity index (χ0n) is 15.8. The molecular formula is C21H20FN5O2. The van der Waals surface area contributed by atoms with Crippen LogP contribution in [0, 0.1) is 5.82 Å². The molecule has 8 heteroatoms. The summed E-state index contributed by atoms with van der Waals surface area (Å²) < 4.78 is 12.9. The lowest BCUT2D eigenvalue weighted by Gasteiger charge is -2.08. The number of halogens is 1. The first-order valence-corrected chi connectivity index (χ1v) is 9.00. The molecule has 0 aliphatic heterocycles.